The number of benzene rings is 1. The molecule has 2 nitrogen and oxygen atoms in total. The lowest BCUT2D eigenvalue weighted by Crippen LogP contribution is -2.12. The van der Waals surface area contributed by atoms with Crippen molar-refractivity contribution < 1.29 is 13.2 Å². The molecule has 0 bridgehead atoms. The van der Waals surface area contributed by atoms with Crippen LogP contribution in [0.5, 0.6) is 0 Å². The molecule has 6 heteroatoms. The van der Waals surface area contributed by atoms with E-state index in [9.17, 15) is 13.2 Å². The first kappa shape index (κ1) is 14.1. The van der Waals surface area contributed by atoms with E-state index in [1.54, 1.807) is 6.92 Å². The maximum Gasteiger partial charge on any atom is 0.416 e. The van der Waals surface area contributed by atoms with Gasteiger partial charge in [-0.25, -0.2) is 0 Å². The Bertz CT molecular complexity index is 326. The monoisotopic (exact) mass is 240 g/mol. The maximum absolute atomic E-state index is 12.5. The number of alkyl halides is 3. The summed E-state index contributed by atoms with van der Waals surface area (Å²) in [5, 5.41) is 0. The van der Waals surface area contributed by atoms with Gasteiger partial charge in [0, 0.05) is 5.69 Å². The first-order valence-electron chi connectivity index (χ1n) is 4.15. The molecule has 1 aromatic rings. The van der Waals surface area contributed by atoms with Gasteiger partial charge in [-0.2, -0.15) is 13.2 Å². The number of nitrogen functional groups attached to an aromatic ring is 1. The lowest BCUT2D eigenvalue weighted by Gasteiger charge is -2.13. The van der Waals surface area contributed by atoms with Crippen molar-refractivity contribution in [2.45, 2.75) is 19.5 Å². The number of nitrogens with one attached hydrogen (secondary N) is 1. The highest BCUT2D eigenvalue weighted by Crippen LogP contribution is 2.33. The van der Waals surface area contributed by atoms with Crippen LogP contribution in [-0.4, -0.2) is 0 Å². The number of rotatable bonds is 2. The largest absolute Gasteiger partial charge is 0.416 e. The van der Waals surface area contributed by atoms with Crippen LogP contribution < -0.4 is 11.3 Å². The second-order valence-corrected chi connectivity index (χ2v) is 2.87. The molecule has 3 N–H and O–H groups in total. The summed E-state index contributed by atoms with van der Waals surface area (Å²) in [5.41, 5.74) is 2.09. The molecule has 1 aromatic carbocycles. The van der Waals surface area contributed by atoms with Crippen molar-refractivity contribution in [1.82, 2.24) is 0 Å². The quantitative estimate of drug-likeness (QED) is 0.616. The van der Waals surface area contributed by atoms with Gasteiger partial charge in [0.1, 0.15) is 0 Å². The van der Waals surface area contributed by atoms with Crippen LogP contribution in [0.3, 0.4) is 0 Å². The molecular formula is C9H12ClF3N2. The second kappa shape index (κ2) is 5.23. The molecule has 0 saturated heterocycles. The van der Waals surface area contributed by atoms with E-state index in [1.165, 1.54) is 12.1 Å². The molecule has 0 aliphatic rings. The SMILES string of the molecule is CCc1ccc(NN)cc1C(F)(F)F.Cl. The van der Waals surface area contributed by atoms with E-state index in [0.29, 0.717) is 6.42 Å². The fourth-order valence-corrected chi connectivity index (χ4v) is 1.24. The molecule has 0 amide bonds. The number of hydrazine groups is 1. The van der Waals surface area contributed by atoms with Crippen LogP contribution in [0.25, 0.3) is 0 Å². The van der Waals surface area contributed by atoms with Crippen molar-refractivity contribution in [1.29, 1.82) is 0 Å². The minimum Gasteiger partial charge on any atom is -0.324 e. The summed E-state index contributed by atoms with van der Waals surface area (Å²) in [5.74, 6) is 5.04. The van der Waals surface area contributed by atoms with E-state index in [-0.39, 0.29) is 23.7 Å². The van der Waals surface area contributed by atoms with Gasteiger partial charge in [0.15, 0.2) is 0 Å². The highest BCUT2D eigenvalue weighted by atomic mass is 35.5. The Morgan fingerprint density at radius 3 is 2.33 bits per heavy atom. The average molecular weight is 241 g/mol. The summed E-state index contributed by atoms with van der Waals surface area (Å²) in [6.07, 6.45) is -3.97. The van der Waals surface area contributed by atoms with E-state index < -0.39 is 11.7 Å². The summed E-state index contributed by atoms with van der Waals surface area (Å²) < 4.78 is 37.4. The highest BCUT2D eigenvalue weighted by Gasteiger charge is 2.32. The Morgan fingerprint density at radius 1 is 1.33 bits per heavy atom. The fraction of sp³-hybridized carbons (Fsp3) is 0.333. The van der Waals surface area contributed by atoms with Gasteiger partial charge < -0.3 is 5.43 Å². The van der Waals surface area contributed by atoms with Gasteiger partial charge in [-0.1, -0.05) is 13.0 Å². The molecule has 0 radical (unpaired) electrons. The lowest BCUT2D eigenvalue weighted by atomic mass is 10.0. The molecular weight excluding hydrogens is 229 g/mol. The normalized spacial score (nSPS) is 10.7. The van der Waals surface area contributed by atoms with Crippen LogP contribution in [0.15, 0.2) is 18.2 Å². The molecule has 15 heavy (non-hydrogen) atoms. The fourth-order valence-electron chi connectivity index (χ4n) is 1.24. The van der Waals surface area contributed by atoms with Gasteiger partial charge >= 0.3 is 6.18 Å². The molecule has 0 unspecified atom stereocenters. The third-order valence-corrected chi connectivity index (χ3v) is 1.96. The van der Waals surface area contributed by atoms with Crippen molar-refractivity contribution in [3.8, 4) is 0 Å². The Kier molecular flexibility index (Phi) is 4.90. The van der Waals surface area contributed by atoms with E-state index >= 15 is 0 Å². The zero-order valence-electron chi connectivity index (χ0n) is 8.06. The lowest BCUT2D eigenvalue weighted by molar-refractivity contribution is -0.138. The maximum atomic E-state index is 12.5. The van der Waals surface area contributed by atoms with Crippen LogP contribution in [0.4, 0.5) is 18.9 Å². The van der Waals surface area contributed by atoms with Gasteiger partial charge in [0.05, 0.1) is 5.56 Å². The van der Waals surface area contributed by atoms with Crippen molar-refractivity contribution >= 4 is 18.1 Å². The summed E-state index contributed by atoms with van der Waals surface area (Å²) in [6.45, 7) is 1.68. The Morgan fingerprint density at radius 2 is 1.93 bits per heavy atom. The average Bonchev–Trinajstić information content (AvgIpc) is 2.15. The summed E-state index contributed by atoms with van der Waals surface area (Å²) in [6, 6.07) is 3.96. The van der Waals surface area contributed by atoms with Gasteiger partial charge in [-0.15, -0.1) is 12.4 Å². The van der Waals surface area contributed by atoms with Crippen molar-refractivity contribution in [2.24, 2.45) is 5.84 Å². The van der Waals surface area contributed by atoms with Gasteiger partial charge in [0.2, 0.25) is 0 Å². The Hall–Kier alpha value is -0.940. The third kappa shape index (κ3) is 3.28. The molecule has 0 atom stereocenters. The zero-order chi connectivity index (χ0) is 10.8. The van der Waals surface area contributed by atoms with E-state index in [1.807, 2.05) is 0 Å². The molecule has 0 aromatic heterocycles. The smallest absolute Gasteiger partial charge is 0.324 e. The number of halogens is 4. The Labute approximate surface area is 92.0 Å². The molecule has 0 spiro atoms. The molecule has 0 aliphatic heterocycles. The molecule has 0 heterocycles. The highest BCUT2D eigenvalue weighted by molar-refractivity contribution is 5.85. The summed E-state index contributed by atoms with van der Waals surface area (Å²) >= 11 is 0. The van der Waals surface area contributed by atoms with Gasteiger partial charge in [0.25, 0.3) is 0 Å². The summed E-state index contributed by atoms with van der Waals surface area (Å²) in [4.78, 5) is 0. The van der Waals surface area contributed by atoms with Crippen LogP contribution >= 0.6 is 12.4 Å². The number of hydrogen-bond donors (Lipinski definition) is 2. The van der Waals surface area contributed by atoms with E-state index in [4.69, 9.17) is 5.84 Å². The van der Waals surface area contributed by atoms with Crippen molar-refractivity contribution in [3.63, 3.8) is 0 Å². The van der Waals surface area contributed by atoms with Crippen LogP contribution in [-0.2, 0) is 12.6 Å². The molecule has 86 valence electrons. The minimum atomic E-state index is -4.32. The van der Waals surface area contributed by atoms with Crippen LogP contribution in [0.1, 0.15) is 18.1 Å². The standard InChI is InChI=1S/C9H11F3N2.ClH/c1-2-6-3-4-7(14-13)5-8(6)9(10,11)12;/h3-5,14H,2,13H2,1H3;1H. The van der Waals surface area contributed by atoms with Crippen molar-refractivity contribution in [3.05, 3.63) is 29.3 Å². The third-order valence-electron chi connectivity index (χ3n) is 1.96. The number of aryl methyl sites for hydroxylation is 1. The van der Waals surface area contributed by atoms with Gasteiger partial charge in [-0.05, 0) is 24.1 Å². The first-order valence-corrected chi connectivity index (χ1v) is 4.15. The predicted molar refractivity (Wildman–Crippen MR) is 55.9 cm³/mol. The molecule has 1 rings (SSSR count). The van der Waals surface area contributed by atoms with Crippen LogP contribution in [0, 0.1) is 0 Å². The number of anilines is 1. The second-order valence-electron chi connectivity index (χ2n) is 2.87. The van der Waals surface area contributed by atoms with Crippen molar-refractivity contribution in [2.75, 3.05) is 5.43 Å². The molecule has 0 aliphatic carbocycles. The number of nitrogens with two attached hydrogens (primary N) is 1. The van der Waals surface area contributed by atoms with E-state index in [2.05, 4.69) is 5.43 Å². The number of hydrogen-bond acceptors (Lipinski definition) is 2. The summed E-state index contributed by atoms with van der Waals surface area (Å²) in [7, 11) is 0. The predicted octanol–water partition coefficient (Wildman–Crippen LogP) is 2.98. The van der Waals surface area contributed by atoms with Crippen LogP contribution in [0.2, 0.25) is 0 Å². The first-order chi connectivity index (χ1) is 6.49. The Balaban J connectivity index is 0.00000196. The van der Waals surface area contributed by atoms with E-state index in [0.717, 1.165) is 6.07 Å². The molecule has 0 fully saturated rings. The van der Waals surface area contributed by atoms with Gasteiger partial charge in [-0.3, -0.25) is 5.84 Å². The molecule has 0 saturated carbocycles. The minimum absolute atomic E-state index is 0. The topological polar surface area (TPSA) is 38.0 Å². The zero-order valence-corrected chi connectivity index (χ0v) is 8.88.